The van der Waals surface area contributed by atoms with E-state index in [4.69, 9.17) is 12.8 Å². The van der Waals surface area contributed by atoms with Crippen LogP contribution in [0.3, 0.4) is 0 Å². The maximum Gasteiger partial charge on any atom is 0.141 e. The fourth-order valence-corrected chi connectivity index (χ4v) is 0.287. The van der Waals surface area contributed by atoms with Crippen molar-refractivity contribution in [2.75, 3.05) is 0 Å². The third kappa shape index (κ3) is 35.1. The van der Waals surface area contributed by atoms with Gasteiger partial charge in [0.05, 0.1) is 12.8 Å². The van der Waals surface area contributed by atoms with Gasteiger partial charge in [-0.25, -0.2) is 0 Å². The average Bonchev–Trinajstić information content (AvgIpc) is 1.87. The predicted octanol–water partition coefficient (Wildman–Crippen LogP) is 1.19. The Hall–Kier alpha value is -0.826. The van der Waals surface area contributed by atoms with E-state index in [2.05, 4.69) is 11.8 Å². The topological polar surface area (TPSA) is 34.1 Å². The van der Waals surface area contributed by atoms with Crippen LogP contribution in [0.2, 0.25) is 0 Å². The molecule has 0 rings (SSSR count). The SMILES string of the molecule is C#CCC(C)=O.C#CCC(C)=O.[Ti]. The molecule has 3 heteroatoms. The molecule has 0 aromatic heterocycles. The number of carbonyl (C=O) groups is 2. The van der Waals surface area contributed by atoms with Gasteiger partial charge in [0.25, 0.3) is 0 Å². The van der Waals surface area contributed by atoms with Crippen molar-refractivity contribution in [1.29, 1.82) is 0 Å². The van der Waals surface area contributed by atoms with Gasteiger partial charge in [0.2, 0.25) is 0 Å². The number of terminal acetylenes is 2. The van der Waals surface area contributed by atoms with Gasteiger partial charge in [-0.2, -0.15) is 0 Å². The van der Waals surface area contributed by atoms with Crippen LogP contribution in [0.25, 0.3) is 0 Å². The van der Waals surface area contributed by atoms with Gasteiger partial charge in [-0.05, 0) is 13.8 Å². The maximum absolute atomic E-state index is 9.90. The Morgan fingerprint density at radius 2 is 1.23 bits per heavy atom. The van der Waals surface area contributed by atoms with Crippen molar-refractivity contribution < 1.29 is 31.3 Å². The van der Waals surface area contributed by atoms with Crippen molar-refractivity contribution in [1.82, 2.24) is 0 Å². The Balaban J connectivity index is -0.000000143. The Labute approximate surface area is 94.4 Å². The first-order valence-corrected chi connectivity index (χ1v) is 3.40. The Kier molecular flexibility index (Phi) is 19.1. The molecule has 0 unspecified atom stereocenters. The Bertz CT molecular complexity index is 204. The molecule has 0 aliphatic heterocycles. The molecule has 2 nitrogen and oxygen atoms in total. The van der Waals surface area contributed by atoms with E-state index in [0.29, 0.717) is 0 Å². The fourth-order valence-electron chi connectivity index (χ4n) is 0.287. The maximum atomic E-state index is 9.90. The zero-order valence-electron chi connectivity index (χ0n) is 7.89. The van der Waals surface area contributed by atoms with Gasteiger partial charge >= 0.3 is 0 Å². The molecule has 0 saturated carbocycles. The Morgan fingerprint density at radius 1 is 1.00 bits per heavy atom. The van der Waals surface area contributed by atoms with Crippen molar-refractivity contribution in [3.8, 4) is 24.7 Å². The Morgan fingerprint density at radius 3 is 1.23 bits per heavy atom. The zero-order valence-corrected chi connectivity index (χ0v) is 9.45. The van der Waals surface area contributed by atoms with E-state index in [9.17, 15) is 9.59 Å². The molecule has 68 valence electrons. The van der Waals surface area contributed by atoms with Gasteiger partial charge in [-0.1, -0.05) is 11.8 Å². The van der Waals surface area contributed by atoms with Crippen LogP contribution in [0.1, 0.15) is 26.7 Å². The summed E-state index contributed by atoms with van der Waals surface area (Å²) in [5, 5.41) is 0. The van der Waals surface area contributed by atoms with Crippen LogP contribution in [-0.2, 0) is 31.3 Å². The van der Waals surface area contributed by atoms with Gasteiger partial charge in [0.1, 0.15) is 11.6 Å². The van der Waals surface area contributed by atoms with Crippen LogP contribution in [-0.4, -0.2) is 11.6 Å². The molecule has 0 amide bonds. The molecule has 0 aromatic carbocycles. The molecule has 0 N–H and O–H groups in total. The molecular formula is C10H12O2Ti. The van der Waals surface area contributed by atoms with Crippen molar-refractivity contribution in [2.24, 2.45) is 0 Å². The zero-order chi connectivity index (χ0) is 9.98. The summed E-state index contributed by atoms with van der Waals surface area (Å²) in [7, 11) is 0. The second kappa shape index (κ2) is 13.7. The molecule has 0 bridgehead atoms. The van der Waals surface area contributed by atoms with E-state index in [1.807, 2.05) is 0 Å². The molecule has 0 atom stereocenters. The van der Waals surface area contributed by atoms with Gasteiger partial charge in [-0.3, -0.25) is 9.59 Å². The molecule has 0 radical (unpaired) electrons. The fraction of sp³-hybridized carbons (Fsp3) is 0.400. The monoisotopic (exact) mass is 212 g/mol. The van der Waals surface area contributed by atoms with Crippen molar-refractivity contribution >= 4 is 11.6 Å². The van der Waals surface area contributed by atoms with E-state index < -0.39 is 0 Å². The normalized spacial score (nSPS) is 6.15. The van der Waals surface area contributed by atoms with E-state index in [1.165, 1.54) is 13.8 Å². The van der Waals surface area contributed by atoms with Gasteiger partial charge in [0.15, 0.2) is 0 Å². The molecule has 0 aliphatic rings. The van der Waals surface area contributed by atoms with Crippen LogP contribution in [0.15, 0.2) is 0 Å². The summed E-state index contributed by atoms with van der Waals surface area (Å²) in [6.45, 7) is 2.94. The molecule has 0 spiro atoms. The van der Waals surface area contributed by atoms with Crippen molar-refractivity contribution in [3.05, 3.63) is 0 Å². The summed E-state index contributed by atoms with van der Waals surface area (Å²) in [5.41, 5.74) is 0. The summed E-state index contributed by atoms with van der Waals surface area (Å²) in [6, 6.07) is 0. The summed E-state index contributed by atoms with van der Waals surface area (Å²) in [6.07, 6.45) is 10.0. The van der Waals surface area contributed by atoms with Crippen LogP contribution < -0.4 is 0 Å². The summed E-state index contributed by atoms with van der Waals surface area (Å²) >= 11 is 0. The molecular weight excluding hydrogens is 200 g/mol. The molecule has 0 fully saturated rings. The third-order valence-electron chi connectivity index (χ3n) is 0.702. The van der Waals surface area contributed by atoms with Crippen molar-refractivity contribution in [3.63, 3.8) is 0 Å². The number of hydrogen-bond donors (Lipinski definition) is 0. The predicted molar refractivity (Wildman–Crippen MR) is 48.3 cm³/mol. The molecule has 13 heavy (non-hydrogen) atoms. The number of ketones is 2. The first-order valence-electron chi connectivity index (χ1n) is 3.40. The first-order chi connectivity index (χ1) is 5.54. The van der Waals surface area contributed by atoms with E-state index in [0.717, 1.165) is 0 Å². The van der Waals surface area contributed by atoms with Crippen LogP contribution in [0, 0.1) is 24.7 Å². The number of carbonyl (C=O) groups excluding carboxylic acids is 2. The summed E-state index contributed by atoms with van der Waals surface area (Å²) in [5.74, 6) is 4.54. The largest absolute Gasteiger partial charge is 0.299 e. The molecule has 0 saturated heterocycles. The first kappa shape index (κ1) is 18.1. The second-order valence-electron chi connectivity index (χ2n) is 2.17. The van der Waals surface area contributed by atoms with E-state index >= 15 is 0 Å². The van der Waals surface area contributed by atoms with E-state index in [-0.39, 0.29) is 46.1 Å². The van der Waals surface area contributed by atoms with Gasteiger partial charge in [0, 0.05) is 21.7 Å². The summed E-state index contributed by atoms with van der Waals surface area (Å²) in [4.78, 5) is 19.8. The number of Topliss-reactive ketones (excluding diaryl/α,β-unsaturated/α-hetero) is 2. The molecule has 0 aliphatic carbocycles. The quantitative estimate of drug-likeness (QED) is 0.509. The number of rotatable bonds is 2. The van der Waals surface area contributed by atoms with Crippen LogP contribution in [0.5, 0.6) is 0 Å². The number of hydrogen-bond acceptors (Lipinski definition) is 2. The smallest absolute Gasteiger partial charge is 0.141 e. The van der Waals surface area contributed by atoms with Crippen molar-refractivity contribution in [2.45, 2.75) is 26.7 Å². The van der Waals surface area contributed by atoms with Crippen LogP contribution >= 0.6 is 0 Å². The van der Waals surface area contributed by atoms with E-state index in [1.54, 1.807) is 0 Å². The minimum atomic E-state index is 0. The minimum Gasteiger partial charge on any atom is -0.299 e. The van der Waals surface area contributed by atoms with Gasteiger partial charge in [-0.15, -0.1) is 12.8 Å². The standard InChI is InChI=1S/2C5H6O.Ti/c2*1-3-4-5(2)6;/h2*1H,4H2,2H3;. The average molecular weight is 212 g/mol. The van der Waals surface area contributed by atoms with Crippen LogP contribution in [0.4, 0.5) is 0 Å². The van der Waals surface area contributed by atoms with Gasteiger partial charge < -0.3 is 0 Å². The molecule has 0 heterocycles. The summed E-state index contributed by atoms with van der Waals surface area (Å²) < 4.78 is 0. The second-order valence-corrected chi connectivity index (χ2v) is 2.17. The molecule has 0 aromatic rings. The third-order valence-corrected chi connectivity index (χ3v) is 0.702. The minimum absolute atomic E-state index is 0.